The molecule has 2 heteroatoms. The van der Waals surface area contributed by atoms with Crippen LogP contribution >= 0.6 is 0 Å². The monoisotopic (exact) mass is 259 g/mol. The van der Waals surface area contributed by atoms with E-state index < -0.39 is 0 Å². The van der Waals surface area contributed by atoms with E-state index in [-0.39, 0.29) is 0 Å². The molecular formula is C17H25NO. The van der Waals surface area contributed by atoms with Crippen LogP contribution in [0.1, 0.15) is 44.1 Å². The smallest absolute Gasteiger partial charge is 0.119 e. The average molecular weight is 259 g/mol. The fourth-order valence-corrected chi connectivity index (χ4v) is 3.71. The maximum Gasteiger partial charge on any atom is 0.119 e. The Kier molecular flexibility index (Phi) is 3.79. The highest BCUT2D eigenvalue weighted by Gasteiger charge is 2.35. The van der Waals surface area contributed by atoms with E-state index in [1.807, 2.05) is 0 Å². The summed E-state index contributed by atoms with van der Waals surface area (Å²) in [5, 5.41) is 0. The highest BCUT2D eigenvalue weighted by Crippen LogP contribution is 2.33. The van der Waals surface area contributed by atoms with Gasteiger partial charge in [-0.3, -0.25) is 0 Å². The third-order valence-corrected chi connectivity index (χ3v) is 4.84. The second-order valence-corrected chi connectivity index (χ2v) is 6.29. The summed E-state index contributed by atoms with van der Waals surface area (Å²) in [6, 6.07) is 9.93. The Hall–Kier alpha value is -1.02. The first kappa shape index (κ1) is 13.0. The van der Waals surface area contributed by atoms with Gasteiger partial charge in [0.25, 0.3) is 0 Å². The number of benzene rings is 1. The summed E-state index contributed by atoms with van der Waals surface area (Å²) < 4.78 is 6.25. The maximum atomic E-state index is 6.25. The Labute approximate surface area is 116 Å². The molecule has 2 nitrogen and oxygen atoms in total. The molecule has 0 spiro atoms. The van der Waals surface area contributed by atoms with Gasteiger partial charge in [0.05, 0.1) is 0 Å². The van der Waals surface area contributed by atoms with Crippen molar-refractivity contribution in [3.05, 3.63) is 29.8 Å². The number of rotatable bonds is 2. The van der Waals surface area contributed by atoms with E-state index in [1.54, 1.807) is 0 Å². The Morgan fingerprint density at radius 3 is 2.42 bits per heavy atom. The number of hydrogen-bond acceptors (Lipinski definition) is 2. The van der Waals surface area contributed by atoms with Crippen molar-refractivity contribution in [2.45, 2.75) is 63.6 Å². The third kappa shape index (κ3) is 2.94. The van der Waals surface area contributed by atoms with Gasteiger partial charge in [-0.25, -0.2) is 0 Å². The van der Waals surface area contributed by atoms with Crippen LogP contribution < -0.4 is 4.74 Å². The van der Waals surface area contributed by atoms with Crippen LogP contribution in [0.15, 0.2) is 24.3 Å². The van der Waals surface area contributed by atoms with Gasteiger partial charge >= 0.3 is 0 Å². The summed E-state index contributed by atoms with van der Waals surface area (Å²) in [7, 11) is 2.31. The molecule has 2 aliphatic rings. The highest BCUT2D eigenvalue weighted by atomic mass is 16.5. The zero-order chi connectivity index (χ0) is 13.2. The molecule has 0 aromatic heterocycles. The first-order valence-corrected chi connectivity index (χ1v) is 7.67. The summed E-state index contributed by atoms with van der Waals surface area (Å²) in [6.07, 6.45) is 8.28. The van der Waals surface area contributed by atoms with Crippen molar-refractivity contribution in [1.82, 2.24) is 4.90 Å². The summed E-state index contributed by atoms with van der Waals surface area (Å²) in [5.74, 6) is 1.05. The van der Waals surface area contributed by atoms with Crippen LogP contribution in [-0.4, -0.2) is 30.1 Å². The number of piperidine rings is 1. The highest BCUT2D eigenvalue weighted by molar-refractivity contribution is 5.27. The fraction of sp³-hybridized carbons (Fsp3) is 0.647. The predicted molar refractivity (Wildman–Crippen MR) is 78.6 cm³/mol. The summed E-state index contributed by atoms with van der Waals surface area (Å²) in [6.45, 7) is 2.13. The van der Waals surface area contributed by atoms with Crippen LogP contribution in [0.5, 0.6) is 5.75 Å². The first-order chi connectivity index (χ1) is 9.22. The zero-order valence-electron chi connectivity index (χ0n) is 12.1. The van der Waals surface area contributed by atoms with Crippen molar-refractivity contribution in [2.24, 2.45) is 0 Å². The predicted octanol–water partition coefficient (Wildman–Crippen LogP) is 3.78. The molecule has 2 bridgehead atoms. The van der Waals surface area contributed by atoms with Gasteiger partial charge in [-0.05, 0) is 57.4 Å². The summed E-state index contributed by atoms with van der Waals surface area (Å²) in [5.41, 5.74) is 1.28. The lowest BCUT2D eigenvalue weighted by Gasteiger charge is -2.41. The molecule has 1 aromatic carbocycles. The largest absolute Gasteiger partial charge is 0.490 e. The Morgan fingerprint density at radius 1 is 1.11 bits per heavy atom. The molecule has 3 rings (SSSR count). The van der Waals surface area contributed by atoms with Crippen LogP contribution in [-0.2, 0) is 0 Å². The van der Waals surface area contributed by atoms with Gasteiger partial charge in [0.1, 0.15) is 11.9 Å². The zero-order valence-corrected chi connectivity index (χ0v) is 12.1. The van der Waals surface area contributed by atoms with E-state index in [9.17, 15) is 0 Å². The van der Waals surface area contributed by atoms with Crippen LogP contribution in [0.2, 0.25) is 0 Å². The molecule has 104 valence electrons. The van der Waals surface area contributed by atoms with E-state index in [4.69, 9.17) is 4.74 Å². The topological polar surface area (TPSA) is 12.5 Å². The van der Waals surface area contributed by atoms with Crippen molar-refractivity contribution < 1.29 is 4.74 Å². The standard InChI is InChI=1S/C17H25NO/c1-13-6-5-9-16(10-13)19-17-11-14-7-3-4-8-15(12-17)18(14)2/h5-6,9-10,14-15,17H,3-4,7-8,11-12H2,1-2H3/t14-,15+,17?. The maximum absolute atomic E-state index is 6.25. The normalized spacial score (nSPS) is 31.8. The van der Waals surface area contributed by atoms with Crippen LogP contribution in [0.4, 0.5) is 0 Å². The van der Waals surface area contributed by atoms with Crippen LogP contribution in [0.3, 0.4) is 0 Å². The molecule has 1 unspecified atom stereocenters. The minimum Gasteiger partial charge on any atom is -0.490 e. The third-order valence-electron chi connectivity index (χ3n) is 4.84. The van der Waals surface area contributed by atoms with Gasteiger partial charge in [0, 0.05) is 12.1 Å². The second-order valence-electron chi connectivity index (χ2n) is 6.29. The van der Waals surface area contributed by atoms with Gasteiger partial charge < -0.3 is 9.64 Å². The van der Waals surface area contributed by atoms with Crippen LogP contribution in [0.25, 0.3) is 0 Å². The van der Waals surface area contributed by atoms with Crippen molar-refractivity contribution in [1.29, 1.82) is 0 Å². The minimum atomic E-state index is 0.408. The van der Waals surface area contributed by atoms with Crippen molar-refractivity contribution >= 4 is 0 Å². The van der Waals surface area contributed by atoms with E-state index in [2.05, 4.69) is 43.1 Å². The number of fused-ring (bicyclic) bond motifs is 2. The number of aryl methyl sites for hydroxylation is 1. The second kappa shape index (κ2) is 5.54. The lowest BCUT2D eigenvalue weighted by Crippen LogP contribution is -2.48. The van der Waals surface area contributed by atoms with Crippen molar-refractivity contribution in [3.8, 4) is 5.75 Å². The average Bonchev–Trinajstić information content (AvgIpc) is 2.48. The van der Waals surface area contributed by atoms with Crippen LogP contribution in [0, 0.1) is 6.92 Å². The van der Waals surface area contributed by atoms with Gasteiger partial charge in [0.15, 0.2) is 0 Å². The van der Waals surface area contributed by atoms with Crippen molar-refractivity contribution in [2.75, 3.05) is 7.05 Å². The molecule has 0 aliphatic carbocycles. The molecule has 2 heterocycles. The summed E-state index contributed by atoms with van der Waals surface area (Å²) >= 11 is 0. The molecular weight excluding hydrogens is 234 g/mol. The van der Waals surface area contributed by atoms with E-state index in [0.717, 1.165) is 17.8 Å². The lowest BCUT2D eigenvalue weighted by atomic mass is 9.92. The number of nitrogens with zero attached hydrogens (tertiary/aromatic N) is 1. The molecule has 0 radical (unpaired) electrons. The Balaban J connectivity index is 1.69. The molecule has 0 N–H and O–H groups in total. The molecule has 2 saturated heterocycles. The first-order valence-electron chi connectivity index (χ1n) is 7.67. The van der Waals surface area contributed by atoms with Gasteiger partial charge in [0.2, 0.25) is 0 Å². The van der Waals surface area contributed by atoms with E-state index in [0.29, 0.717) is 6.10 Å². The Bertz CT molecular complexity index is 415. The quantitative estimate of drug-likeness (QED) is 0.801. The molecule has 0 saturated carbocycles. The van der Waals surface area contributed by atoms with Gasteiger partial charge in [-0.1, -0.05) is 25.0 Å². The van der Waals surface area contributed by atoms with E-state index in [1.165, 1.54) is 44.1 Å². The molecule has 19 heavy (non-hydrogen) atoms. The lowest BCUT2D eigenvalue weighted by molar-refractivity contribution is 0.0316. The summed E-state index contributed by atoms with van der Waals surface area (Å²) in [4.78, 5) is 2.61. The minimum absolute atomic E-state index is 0.408. The van der Waals surface area contributed by atoms with Crippen molar-refractivity contribution in [3.63, 3.8) is 0 Å². The SMILES string of the molecule is Cc1cccc(OC2C[C@H]3CCCC[C@@H](C2)N3C)c1. The van der Waals surface area contributed by atoms with E-state index >= 15 is 0 Å². The Morgan fingerprint density at radius 2 is 1.79 bits per heavy atom. The molecule has 2 fully saturated rings. The number of ether oxygens (including phenoxy) is 1. The fourth-order valence-electron chi connectivity index (χ4n) is 3.71. The molecule has 0 amide bonds. The number of hydrogen-bond donors (Lipinski definition) is 0. The van der Waals surface area contributed by atoms with Gasteiger partial charge in [-0.15, -0.1) is 0 Å². The molecule has 2 aliphatic heterocycles. The molecule has 3 atom stereocenters. The molecule has 1 aromatic rings. The van der Waals surface area contributed by atoms with Gasteiger partial charge in [-0.2, -0.15) is 0 Å².